The van der Waals surface area contributed by atoms with E-state index in [0.29, 0.717) is 17.3 Å². The fourth-order valence-corrected chi connectivity index (χ4v) is 3.82. The summed E-state index contributed by atoms with van der Waals surface area (Å²) in [7, 11) is 0. The lowest BCUT2D eigenvalue weighted by atomic mass is 9.65. The topological polar surface area (TPSA) is 26.0 Å². The van der Waals surface area contributed by atoms with Gasteiger partial charge in [-0.25, -0.2) is 4.39 Å². The average molecular weight is 328 g/mol. The quantitative estimate of drug-likeness (QED) is 0.867. The molecule has 106 valence electrons. The van der Waals surface area contributed by atoms with Crippen molar-refractivity contribution in [3.63, 3.8) is 0 Å². The van der Waals surface area contributed by atoms with Crippen LogP contribution in [-0.4, -0.2) is 6.54 Å². The number of rotatable bonds is 3. The van der Waals surface area contributed by atoms with Gasteiger partial charge in [0.25, 0.3) is 0 Å². The van der Waals surface area contributed by atoms with Crippen molar-refractivity contribution in [2.24, 2.45) is 23.0 Å². The molecule has 1 saturated carbocycles. The Hall–Kier alpha value is -0.410. The first-order chi connectivity index (χ1) is 8.91. The Kier molecular flexibility index (Phi) is 4.67. The predicted octanol–water partition coefficient (Wildman–Crippen LogP) is 4.53. The molecule has 0 saturated heterocycles. The number of nitrogens with two attached hydrogens (primary N) is 1. The molecular weight excluding hydrogens is 305 g/mol. The summed E-state index contributed by atoms with van der Waals surface area (Å²) >= 11 is 3.47. The van der Waals surface area contributed by atoms with Crippen LogP contribution in [0.1, 0.15) is 38.7 Å². The first-order valence-electron chi connectivity index (χ1n) is 7.05. The standard InChI is InChI=1S/C16H23BrFN/c1-16(2)6-5-12(10-19)13(9-16)7-11-3-4-14(18)8-15(11)17/h3-4,8,12-13H,5-7,9-10,19H2,1-2H3. The summed E-state index contributed by atoms with van der Waals surface area (Å²) in [5.74, 6) is 1.02. The van der Waals surface area contributed by atoms with Crippen molar-refractivity contribution in [2.75, 3.05) is 6.54 Å². The maximum absolute atomic E-state index is 13.1. The van der Waals surface area contributed by atoms with Gasteiger partial charge in [0.15, 0.2) is 0 Å². The molecule has 0 radical (unpaired) electrons. The smallest absolute Gasteiger partial charge is 0.124 e. The van der Waals surface area contributed by atoms with Crippen LogP contribution in [0.2, 0.25) is 0 Å². The third kappa shape index (κ3) is 3.79. The molecule has 0 bridgehead atoms. The molecule has 1 aliphatic rings. The minimum Gasteiger partial charge on any atom is -0.330 e. The minimum absolute atomic E-state index is 0.185. The lowest BCUT2D eigenvalue weighted by Crippen LogP contribution is -2.35. The zero-order valence-corrected chi connectivity index (χ0v) is 13.3. The van der Waals surface area contributed by atoms with Crippen LogP contribution in [0.4, 0.5) is 4.39 Å². The van der Waals surface area contributed by atoms with Crippen LogP contribution < -0.4 is 5.73 Å². The van der Waals surface area contributed by atoms with Gasteiger partial charge in [0.1, 0.15) is 5.82 Å². The Morgan fingerprint density at radius 1 is 1.37 bits per heavy atom. The van der Waals surface area contributed by atoms with Crippen LogP contribution in [-0.2, 0) is 6.42 Å². The minimum atomic E-state index is -0.185. The zero-order chi connectivity index (χ0) is 14.0. The van der Waals surface area contributed by atoms with Crippen LogP contribution in [0.25, 0.3) is 0 Å². The van der Waals surface area contributed by atoms with Gasteiger partial charge in [0, 0.05) is 4.47 Å². The molecule has 2 atom stereocenters. The second-order valence-corrected chi connectivity index (χ2v) is 7.46. The number of halogens is 2. The molecule has 19 heavy (non-hydrogen) atoms. The van der Waals surface area contributed by atoms with E-state index in [2.05, 4.69) is 29.8 Å². The highest BCUT2D eigenvalue weighted by Crippen LogP contribution is 2.43. The normalized spacial score (nSPS) is 26.4. The summed E-state index contributed by atoms with van der Waals surface area (Å²) in [5, 5.41) is 0. The van der Waals surface area contributed by atoms with Crippen molar-refractivity contribution in [3.05, 3.63) is 34.1 Å². The van der Waals surface area contributed by atoms with Gasteiger partial charge in [0.05, 0.1) is 0 Å². The van der Waals surface area contributed by atoms with Crippen molar-refractivity contribution < 1.29 is 4.39 Å². The predicted molar refractivity (Wildman–Crippen MR) is 81.5 cm³/mol. The maximum atomic E-state index is 13.1. The van der Waals surface area contributed by atoms with Crippen molar-refractivity contribution in [3.8, 4) is 0 Å². The molecule has 1 aliphatic carbocycles. The Morgan fingerprint density at radius 2 is 2.11 bits per heavy atom. The van der Waals surface area contributed by atoms with Gasteiger partial charge in [-0.1, -0.05) is 35.8 Å². The van der Waals surface area contributed by atoms with E-state index < -0.39 is 0 Å². The summed E-state index contributed by atoms with van der Waals surface area (Å²) in [5.41, 5.74) is 7.53. The van der Waals surface area contributed by atoms with E-state index in [1.54, 1.807) is 12.1 Å². The van der Waals surface area contributed by atoms with Crippen molar-refractivity contribution in [1.29, 1.82) is 0 Å². The summed E-state index contributed by atoms with van der Waals surface area (Å²) in [4.78, 5) is 0. The Morgan fingerprint density at radius 3 is 2.74 bits per heavy atom. The van der Waals surface area contributed by atoms with Gasteiger partial charge in [-0.05, 0) is 67.2 Å². The van der Waals surface area contributed by atoms with Crippen LogP contribution >= 0.6 is 15.9 Å². The van der Waals surface area contributed by atoms with Crippen molar-refractivity contribution in [2.45, 2.75) is 39.5 Å². The van der Waals surface area contributed by atoms with E-state index in [-0.39, 0.29) is 5.82 Å². The molecule has 0 spiro atoms. The average Bonchev–Trinajstić information content (AvgIpc) is 2.32. The van der Waals surface area contributed by atoms with Gasteiger partial charge in [-0.2, -0.15) is 0 Å². The van der Waals surface area contributed by atoms with E-state index in [1.807, 2.05) is 6.07 Å². The van der Waals surface area contributed by atoms with E-state index in [1.165, 1.54) is 24.8 Å². The monoisotopic (exact) mass is 327 g/mol. The molecule has 0 amide bonds. The highest BCUT2D eigenvalue weighted by molar-refractivity contribution is 9.10. The van der Waals surface area contributed by atoms with Crippen LogP contribution in [0, 0.1) is 23.1 Å². The number of benzene rings is 1. The van der Waals surface area contributed by atoms with Crippen LogP contribution in [0.3, 0.4) is 0 Å². The second-order valence-electron chi connectivity index (χ2n) is 6.60. The molecule has 2 rings (SSSR count). The van der Waals surface area contributed by atoms with Gasteiger partial charge in [-0.3, -0.25) is 0 Å². The molecule has 1 fully saturated rings. The Balaban J connectivity index is 2.14. The molecule has 0 aromatic heterocycles. The largest absolute Gasteiger partial charge is 0.330 e. The van der Waals surface area contributed by atoms with Crippen LogP contribution in [0.15, 0.2) is 22.7 Å². The summed E-state index contributed by atoms with van der Waals surface area (Å²) in [6.45, 7) is 5.44. The Bertz CT molecular complexity index is 444. The molecule has 0 heterocycles. The molecule has 0 aliphatic heterocycles. The third-order valence-electron chi connectivity index (χ3n) is 4.47. The van der Waals surface area contributed by atoms with Crippen molar-refractivity contribution >= 4 is 15.9 Å². The molecule has 1 nitrogen and oxygen atoms in total. The SMILES string of the molecule is CC1(C)CCC(CN)C(Cc2ccc(F)cc2Br)C1. The molecule has 2 unspecified atom stereocenters. The molecule has 1 aromatic carbocycles. The molecular formula is C16H23BrFN. The van der Waals surface area contributed by atoms with E-state index in [4.69, 9.17) is 5.73 Å². The van der Waals surface area contributed by atoms with Gasteiger partial charge >= 0.3 is 0 Å². The summed E-state index contributed by atoms with van der Waals surface area (Å²) in [6.07, 6.45) is 4.67. The van der Waals surface area contributed by atoms with E-state index >= 15 is 0 Å². The maximum Gasteiger partial charge on any atom is 0.124 e. The fourth-order valence-electron chi connectivity index (χ4n) is 3.31. The van der Waals surface area contributed by atoms with Gasteiger partial charge < -0.3 is 5.73 Å². The highest BCUT2D eigenvalue weighted by Gasteiger charge is 2.34. The van der Waals surface area contributed by atoms with E-state index in [0.717, 1.165) is 17.4 Å². The third-order valence-corrected chi connectivity index (χ3v) is 5.21. The van der Waals surface area contributed by atoms with Gasteiger partial charge in [-0.15, -0.1) is 0 Å². The van der Waals surface area contributed by atoms with Gasteiger partial charge in [0.2, 0.25) is 0 Å². The van der Waals surface area contributed by atoms with Crippen molar-refractivity contribution in [1.82, 2.24) is 0 Å². The summed E-state index contributed by atoms with van der Waals surface area (Å²) in [6, 6.07) is 5.00. The lowest BCUT2D eigenvalue weighted by Gasteiger charge is -2.40. The van der Waals surface area contributed by atoms with Crippen LogP contribution in [0.5, 0.6) is 0 Å². The zero-order valence-electron chi connectivity index (χ0n) is 11.8. The first-order valence-corrected chi connectivity index (χ1v) is 7.84. The number of hydrogen-bond acceptors (Lipinski definition) is 1. The second kappa shape index (κ2) is 5.92. The fraction of sp³-hybridized carbons (Fsp3) is 0.625. The highest BCUT2D eigenvalue weighted by atomic mass is 79.9. The summed E-state index contributed by atoms with van der Waals surface area (Å²) < 4.78 is 14.0. The number of hydrogen-bond donors (Lipinski definition) is 1. The Labute approximate surface area is 123 Å². The van der Waals surface area contributed by atoms with E-state index in [9.17, 15) is 4.39 Å². The molecule has 2 N–H and O–H groups in total. The lowest BCUT2D eigenvalue weighted by molar-refractivity contribution is 0.121. The molecule has 1 aromatic rings. The molecule has 3 heteroatoms. The first kappa shape index (κ1) is 15.0.